The summed E-state index contributed by atoms with van der Waals surface area (Å²) in [5.74, 6) is -2.88. The zero-order valence-corrected chi connectivity index (χ0v) is 26.9. The molecule has 3 unspecified atom stereocenters. The van der Waals surface area contributed by atoms with E-state index in [1.807, 2.05) is 27.7 Å². The average Bonchev–Trinajstić information content (AvgIpc) is 3.42. The monoisotopic (exact) mass is 624 g/mol. The molecule has 7 atom stereocenters. The molecule has 3 aliphatic rings. The predicted octanol–water partition coefficient (Wildman–Crippen LogP) is 4.49. The van der Waals surface area contributed by atoms with Gasteiger partial charge in [-0.2, -0.15) is 0 Å². The van der Waals surface area contributed by atoms with Crippen LogP contribution in [0.5, 0.6) is 0 Å². The number of halogens is 1. The van der Waals surface area contributed by atoms with Gasteiger partial charge in [-0.15, -0.1) is 13.2 Å². The lowest BCUT2D eigenvalue weighted by atomic mass is 9.70. The first kappa shape index (κ1) is 32.8. The summed E-state index contributed by atoms with van der Waals surface area (Å²) in [5, 5.41) is 10.5. The van der Waals surface area contributed by atoms with Crippen LogP contribution in [0.15, 0.2) is 25.3 Å². The molecule has 2 bridgehead atoms. The highest BCUT2D eigenvalue weighted by Gasteiger charge is 2.77. The lowest BCUT2D eigenvalue weighted by Gasteiger charge is -2.47. The van der Waals surface area contributed by atoms with Crippen LogP contribution in [0.4, 0.5) is 0 Å². The van der Waals surface area contributed by atoms with Crippen molar-refractivity contribution in [2.45, 2.75) is 108 Å². The summed E-state index contributed by atoms with van der Waals surface area (Å²) in [7, 11) is 0. The number of ether oxygens (including phenoxy) is 2. The van der Waals surface area contributed by atoms with Gasteiger partial charge in [0.1, 0.15) is 11.6 Å². The number of hydrogen-bond donors (Lipinski definition) is 1. The number of likely N-dealkylation sites (tertiary alicyclic amines) is 1. The second-order valence-corrected chi connectivity index (χ2v) is 15.0. The number of carbonyl (C=O) groups is 3. The standard InChI is InChI=1S/C31H49BrN2O6/c1-10-12-13-15-39-28(38)22-23-26(36)34(21(17-35)19(3)4)25(31(23)16-20(32)24(22)40-31)27(37)33(14-11-2)30(8,9)18-29(5,6)7/h10-11,19-25,35H,1-2,12-18H2,3-9H3/t20?,21-,22-,23-,24-,25?,31?/m0/s1. The van der Waals surface area contributed by atoms with Crippen LogP contribution in [-0.2, 0) is 23.9 Å². The molecule has 0 saturated carbocycles. The summed E-state index contributed by atoms with van der Waals surface area (Å²) in [5.41, 5.74) is -1.84. The topological polar surface area (TPSA) is 96.4 Å². The molecule has 226 valence electrons. The fraction of sp³-hybridized carbons (Fsp3) is 0.774. The number of fused-ring (bicyclic) bond motifs is 1. The number of esters is 1. The van der Waals surface area contributed by atoms with Crippen LogP contribution in [0.1, 0.15) is 74.1 Å². The molecule has 40 heavy (non-hydrogen) atoms. The van der Waals surface area contributed by atoms with Crippen LogP contribution in [0.3, 0.4) is 0 Å². The third-order valence-corrected chi connectivity index (χ3v) is 9.46. The Balaban J connectivity index is 2.11. The van der Waals surface area contributed by atoms with Crippen LogP contribution >= 0.6 is 15.9 Å². The number of aliphatic hydroxyl groups excluding tert-OH is 1. The van der Waals surface area contributed by atoms with Gasteiger partial charge in [-0.1, -0.05) is 62.7 Å². The minimum absolute atomic E-state index is 0.0650. The van der Waals surface area contributed by atoms with Crippen molar-refractivity contribution in [1.29, 1.82) is 0 Å². The molecule has 1 N–H and O–H groups in total. The molecule has 0 aliphatic carbocycles. The molecule has 8 nitrogen and oxygen atoms in total. The Kier molecular flexibility index (Phi) is 10.1. The highest BCUT2D eigenvalue weighted by molar-refractivity contribution is 9.09. The van der Waals surface area contributed by atoms with Gasteiger partial charge in [0.25, 0.3) is 0 Å². The second-order valence-electron chi connectivity index (χ2n) is 13.8. The van der Waals surface area contributed by atoms with Crippen LogP contribution in [0.2, 0.25) is 0 Å². The van der Waals surface area contributed by atoms with E-state index in [2.05, 4.69) is 49.9 Å². The number of aliphatic hydroxyl groups is 1. The van der Waals surface area contributed by atoms with E-state index < -0.39 is 47.1 Å². The quantitative estimate of drug-likeness (QED) is 0.140. The minimum atomic E-state index is -1.21. The van der Waals surface area contributed by atoms with Gasteiger partial charge in [-0.25, -0.2) is 0 Å². The average molecular weight is 626 g/mol. The van der Waals surface area contributed by atoms with Crippen LogP contribution in [-0.4, -0.2) is 86.6 Å². The third-order valence-electron chi connectivity index (χ3n) is 8.62. The Morgan fingerprint density at radius 3 is 2.42 bits per heavy atom. The first-order valence-electron chi connectivity index (χ1n) is 14.5. The smallest absolute Gasteiger partial charge is 0.312 e. The summed E-state index contributed by atoms with van der Waals surface area (Å²) in [6.07, 6.45) is 5.36. The fourth-order valence-electron chi connectivity index (χ4n) is 7.40. The molecule has 0 radical (unpaired) electrons. The van der Waals surface area contributed by atoms with Gasteiger partial charge in [0.15, 0.2) is 0 Å². The maximum Gasteiger partial charge on any atom is 0.312 e. The van der Waals surface area contributed by atoms with Crippen LogP contribution < -0.4 is 0 Å². The largest absolute Gasteiger partial charge is 0.465 e. The van der Waals surface area contributed by atoms with E-state index in [-0.39, 0.29) is 41.2 Å². The van der Waals surface area contributed by atoms with E-state index >= 15 is 0 Å². The number of allylic oxidation sites excluding steroid dienone is 1. The van der Waals surface area contributed by atoms with Gasteiger partial charge in [-0.05, 0) is 50.9 Å². The summed E-state index contributed by atoms with van der Waals surface area (Å²) in [6.45, 7) is 22.1. The zero-order valence-electron chi connectivity index (χ0n) is 25.3. The molecule has 1 spiro atoms. The van der Waals surface area contributed by atoms with Gasteiger partial charge in [0.05, 0.1) is 37.2 Å². The van der Waals surface area contributed by atoms with Gasteiger partial charge in [0.2, 0.25) is 11.8 Å². The fourth-order valence-corrected chi connectivity index (χ4v) is 8.34. The summed E-state index contributed by atoms with van der Waals surface area (Å²) < 4.78 is 12.3. The molecule has 0 aromatic carbocycles. The lowest BCUT2D eigenvalue weighted by molar-refractivity contribution is -0.158. The molecular formula is C31H49BrN2O6. The maximum atomic E-state index is 14.8. The van der Waals surface area contributed by atoms with Gasteiger partial charge < -0.3 is 24.4 Å². The highest BCUT2D eigenvalue weighted by Crippen LogP contribution is 2.61. The van der Waals surface area contributed by atoms with Gasteiger partial charge in [-0.3, -0.25) is 14.4 Å². The molecule has 0 aromatic heterocycles. The van der Waals surface area contributed by atoms with E-state index in [9.17, 15) is 19.5 Å². The van der Waals surface area contributed by atoms with Crippen molar-refractivity contribution in [3.63, 3.8) is 0 Å². The Labute approximate surface area is 248 Å². The van der Waals surface area contributed by atoms with E-state index in [0.29, 0.717) is 32.2 Å². The SMILES string of the molecule is C=CCCCOC(=O)[C@H]1[C@H]2C(=O)N([C@@H](CO)C(C)C)C(C(=O)N(CC=C)C(C)(C)CC(C)(C)C)C23CC(Br)[C@@H]1O3. The van der Waals surface area contributed by atoms with E-state index in [1.165, 1.54) is 0 Å². The van der Waals surface area contributed by atoms with Crippen molar-refractivity contribution >= 4 is 33.7 Å². The van der Waals surface area contributed by atoms with Crippen molar-refractivity contribution in [3.8, 4) is 0 Å². The maximum absolute atomic E-state index is 14.8. The molecule has 9 heteroatoms. The predicted molar refractivity (Wildman–Crippen MR) is 159 cm³/mol. The lowest BCUT2D eigenvalue weighted by Crippen LogP contribution is -2.63. The number of nitrogens with zero attached hydrogens (tertiary/aromatic N) is 2. The van der Waals surface area contributed by atoms with Crippen molar-refractivity contribution in [1.82, 2.24) is 9.80 Å². The molecule has 3 rings (SSSR count). The Hall–Kier alpha value is -1.71. The number of unbranched alkanes of at least 4 members (excludes halogenated alkanes) is 1. The Morgan fingerprint density at radius 2 is 1.90 bits per heavy atom. The van der Waals surface area contributed by atoms with Crippen molar-refractivity contribution in [2.75, 3.05) is 19.8 Å². The Bertz CT molecular complexity index is 991. The second kappa shape index (κ2) is 12.3. The number of rotatable bonds is 13. The number of carbonyl (C=O) groups excluding carboxylic acids is 3. The van der Waals surface area contributed by atoms with Crippen molar-refractivity contribution < 1.29 is 29.0 Å². The van der Waals surface area contributed by atoms with Crippen LogP contribution in [0, 0.1) is 23.2 Å². The van der Waals surface area contributed by atoms with E-state index in [4.69, 9.17) is 9.47 Å². The Morgan fingerprint density at radius 1 is 1.25 bits per heavy atom. The van der Waals surface area contributed by atoms with Crippen molar-refractivity contribution in [2.24, 2.45) is 23.2 Å². The first-order valence-corrected chi connectivity index (χ1v) is 15.4. The molecule has 3 aliphatic heterocycles. The molecule has 3 saturated heterocycles. The normalized spacial score (nSPS) is 30.4. The van der Waals surface area contributed by atoms with E-state index in [0.717, 1.165) is 0 Å². The molecular weight excluding hydrogens is 576 g/mol. The highest BCUT2D eigenvalue weighted by atomic mass is 79.9. The third kappa shape index (κ3) is 5.93. The van der Waals surface area contributed by atoms with Gasteiger partial charge >= 0.3 is 5.97 Å². The first-order chi connectivity index (χ1) is 18.6. The molecule has 2 amide bonds. The number of hydrogen-bond acceptors (Lipinski definition) is 6. The molecule has 0 aromatic rings. The summed E-state index contributed by atoms with van der Waals surface area (Å²) in [6, 6.07) is -1.61. The minimum Gasteiger partial charge on any atom is -0.465 e. The summed E-state index contributed by atoms with van der Waals surface area (Å²) in [4.78, 5) is 45.7. The van der Waals surface area contributed by atoms with Crippen LogP contribution in [0.25, 0.3) is 0 Å². The molecule has 3 heterocycles. The van der Waals surface area contributed by atoms with E-state index in [1.54, 1.807) is 22.0 Å². The summed E-state index contributed by atoms with van der Waals surface area (Å²) >= 11 is 3.71. The number of alkyl halides is 1. The zero-order chi connectivity index (χ0) is 30.2. The van der Waals surface area contributed by atoms with Gasteiger partial charge in [0, 0.05) is 16.9 Å². The number of amides is 2. The van der Waals surface area contributed by atoms with Crippen molar-refractivity contribution in [3.05, 3.63) is 25.3 Å². The molecule has 3 fully saturated rings.